The number of hydrogen-bond acceptors (Lipinski definition) is 8. The van der Waals surface area contributed by atoms with E-state index >= 15 is 0 Å². The number of tetrazole rings is 1. The molecule has 3 amide bonds. The van der Waals surface area contributed by atoms with Crippen molar-refractivity contribution in [2.24, 2.45) is 5.92 Å². The number of pyridine rings is 1. The van der Waals surface area contributed by atoms with Gasteiger partial charge in [0.1, 0.15) is 17.9 Å². The Morgan fingerprint density at radius 2 is 2.09 bits per heavy atom. The van der Waals surface area contributed by atoms with Crippen molar-refractivity contribution in [1.82, 2.24) is 36.2 Å². The lowest BCUT2D eigenvalue weighted by molar-refractivity contribution is -0.138. The van der Waals surface area contributed by atoms with Crippen molar-refractivity contribution in [3.63, 3.8) is 0 Å². The Kier molecular flexibility index (Phi) is 7.09. The molecule has 0 aromatic carbocycles. The van der Waals surface area contributed by atoms with Gasteiger partial charge in [0, 0.05) is 25.5 Å². The Morgan fingerprint density at radius 1 is 1.26 bits per heavy atom. The van der Waals surface area contributed by atoms with E-state index in [4.69, 9.17) is 5.11 Å². The number of nitrogens with one attached hydrogen (secondary N) is 3. The number of aromatic nitrogens is 5. The number of aliphatic carboxylic acids is 1. The van der Waals surface area contributed by atoms with Gasteiger partial charge in [0.25, 0.3) is 5.91 Å². The van der Waals surface area contributed by atoms with Gasteiger partial charge >= 0.3 is 5.97 Å². The average Bonchev–Trinajstić information content (AvgIpc) is 3.44. The Morgan fingerprint density at radius 3 is 2.76 bits per heavy atom. The Bertz CT molecular complexity index is 1060. The zero-order chi connectivity index (χ0) is 24.1. The fourth-order valence-corrected chi connectivity index (χ4v) is 4.17. The van der Waals surface area contributed by atoms with Crippen LogP contribution in [0.3, 0.4) is 0 Å². The van der Waals surface area contributed by atoms with Crippen LogP contribution in [0.4, 0.5) is 5.82 Å². The van der Waals surface area contributed by atoms with E-state index < -0.39 is 29.9 Å². The Balaban J connectivity index is 1.53. The molecule has 0 spiro atoms. The molecule has 1 unspecified atom stereocenters. The zero-order valence-electron chi connectivity index (χ0n) is 18.4. The van der Waals surface area contributed by atoms with E-state index in [1.807, 2.05) is 0 Å². The maximum Gasteiger partial charge on any atom is 0.303 e. The van der Waals surface area contributed by atoms with Crippen LogP contribution in [0.5, 0.6) is 0 Å². The molecule has 0 saturated heterocycles. The Labute approximate surface area is 194 Å². The van der Waals surface area contributed by atoms with Crippen molar-refractivity contribution in [2.45, 2.75) is 63.6 Å². The molecule has 180 valence electrons. The average molecular weight is 470 g/mol. The number of H-pyrrole nitrogens is 1. The topological polar surface area (TPSA) is 183 Å². The van der Waals surface area contributed by atoms with E-state index in [2.05, 4.69) is 36.2 Å². The first-order chi connectivity index (χ1) is 16.4. The van der Waals surface area contributed by atoms with Crippen LogP contribution >= 0.6 is 0 Å². The van der Waals surface area contributed by atoms with E-state index in [0.29, 0.717) is 17.8 Å². The molecule has 2 atom stereocenters. The smallest absolute Gasteiger partial charge is 0.303 e. The van der Waals surface area contributed by atoms with E-state index in [1.54, 1.807) is 12.1 Å². The summed E-state index contributed by atoms with van der Waals surface area (Å²) >= 11 is 0. The molecule has 4 rings (SSSR count). The number of carboxylic acid groups (broad SMARTS) is 1. The van der Waals surface area contributed by atoms with Crippen molar-refractivity contribution in [2.75, 3.05) is 4.90 Å². The minimum Gasteiger partial charge on any atom is -0.481 e. The molecule has 0 radical (unpaired) electrons. The molecular formula is C21H26N8O5. The third kappa shape index (κ3) is 5.35. The van der Waals surface area contributed by atoms with Gasteiger partial charge in [-0.2, -0.15) is 5.21 Å². The number of anilines is 1. The predicted molar refractivity (Wildman–Crippen MR) is 116 cm³/mol. The van der Waals surface area contributed by atoms with E-state index in [-0.39, 0.29) is 43.5 Å². The second-order valence-electron chi connectivity index (χ2n) is 8.51. The maximum atomic E-state index is 13.6. The van der Waals surface area contributed by atoms with Crippen molar-refractivity contribution in [3.05, 3.63) is 29.7 Å². The number of aromatic amines is 1. The summed E-state index contributed by atoms with van der Waals surface area (Å²) in [6.45, 7) is 0.0121. The van der Waals surface area contributed by atoms with Crippen LogP contribution in [0.25, 0.3) is 0 Å². The standard InChI is InChI=1S/C21H26N8O5/c30-17(9-12-3-1-4-12)24-14(6-7-18(31)32)21(34)29-15(10-13-5-2-8-22-19(13)29)20(33)23-11-16-25-27-28-26-16/h2,5,8,12,14-15H,1,3-4,6-7,9-11H2,(H,23,33)(H,24,30)(H,31,32)(H,25,26,27,28)/t14?,15-/m0/s1. The lowest BCUT2D eigenvalue weighted by Gasteiger charge is -2.29. The van der Waals surface area contributed by atoms with Crippen molar-refractivity contribution < 1.29 is 24.3 Å². The molecule has 4 N–H and O–H groups in total. The van der Waals surface area contributed by atoms with Crippen LogP contribution in [0.15, 0.2) is 18.3 Å². The minimum absolute atomic E-state index is 0.0121. The first kappa shape index (κ1) is 23.3. The highest BCUT2D eigenvalue weighted by Crippen LogP contribution is 2.32. The van der Waals surface area contributed by atoms with Gasteiger partial charge in [-0.25, -0.2) is 4.98 Å². The van der Waals surface area contributed by atoms with Crippen LogP contribution in [0, 0.1) is 5.92 Å². The third-order valence-electron chi connectivity index (χ3n) is 6.15. The van der Waals surface area contributed by atoms with Crippen LogP contribution < -0.4 is 15.5 Å². The highest BCUT2D eigenvalue weighted by Gasteiger charge is 2.42. The summed E-state index contributed by atoms with van der Waals surface area (Å²) < 4.78 is 0. The second kappa shape index (κ2) is 10.4. The summed E-state index contributed by atoms with van der Waals surface area (Å²) in [7, 11) is 0. The van der Waals surface area contributed by atoms with Crippen LogP contribution in [-0.2, 0) is 32.1 Å². The molecule has 2 aromatic rings. The minimum atomic E-state index is -1.09. The van der Waals surface area contributed by atoms with Gasteiger partial charge in [-0.15, -0.1) is 10.2 Å². The fraction of sp³-hybridized carbons (Fsp3) is 0.524. The molecule has 3 heterocycles. The first-order valence-electron chi connectivity index (χ1n) is 11.2. The molecule has 1 aliphatic carbocycles. The number of rotatable bonds is 10. The molecule has 2 aliphatic rings. The molecule has 2 aromatic heterocycles. The summed E-state index contributed by atoms with van der Waals surface area (Å²) in [6.07, 6.45) is 4.64. The molecule has 34 heavy (non-hydrogen) atoms. The highest BCUT2D eigenvalue weighted by molar-refractivity contribution is 6.06. The number of carboxylic acids is 1. The molecular weight excluding hydrogens is 444 g/mol. The van der Waals surface area contributed by atoms with Gasteiger partial charge < -0.3 is 15.7 Å². The molecule has 1 fully saturated rings. The number of nitrogens with zero attached hydrogens (tertiary/aromatic N) is 5. The van der Waals surface area contributed by atoms with Gasteiger partial charge in [0.2, 0.25) is 11.8 Å². The van der Waals surface area contributed by atoms with Gasteiger partial charge in [-0.05, 0) is 36.8 Å². The van der Waals surface area contributed by atoms with Crippen molar-refractivity contribution in [3.8, 4) is 0 Å². The van der Waals surface area contributed by atoms with Gasteiger partial charge in [0.15, 0.2) is 5.82 Å². The van der Waals surface area contributed by atoms with Crippen molar-refractivity contribution >= 4 is 29.5 Å². The van der Waals surface area contributed by atoms with Crippen molar-refractivity contribution in [1.29, 1.82) is 0 Å². The summed E-state index contributed by atoms with van der Waals surface area (Å²) in [4.78, 5) is 56.0. The van der Waals surface area contributed by atoms with Crippen LogP contribution in [0.1, 0.15) is 49.9 Å². The SMILES string of the molecule is O=C(O)CCC(NC(=O)CC1CCC1)C(=O)N1c2ncccc2C[C@H]1C(=O)NCc1nn[nH]n1. The molecule has 13 heteroatoms. The normalized spacial score (nSPS) is 18.0. The molecule has 13 nitrogen and oxygen atoms in total. The quantitative estimate of drug-likeness (QED) is 0.362. The fourth-order valence-electron chi connectivity index (χ4n) is 4.17. The zero-order valence-corrected chi connectivity index (χ0v) is 18.4. The lowest BCUT2D eigenvalue weighted by atomic mass is 9.83. The number of carbonyl (C=O) groups excluding carboxylic acids is 3. The van der Waals surface area contributed by atoms with E-state index in [9.17, 15) is 19.2 Å². The first-order valence-corrected chi connectivity index (χ1v) is 11.2. The van der Waals surface area contributed by atoms with Crippen LogP contribution in [0.2, 0.25) is 0 Å². The van der Waals surface area contributed by atoms with Crippen LogP contribution in [-0.4, -0.2) is 66.5 Å². The molecule has 1 aliphatic heterocycles. The number of hydrogen-bond donors (Lipinski definition) is 4. The third-order valence-corrected chi connectivity index (χ3v) is 6.15. The summed E-state index contributed by atoms with van der Waals surface area (Å²) in [5.41, 5.74) is 0.702. The predicted octanol–water partition coefficient (Wildman–Crippen LogP) is -0.291. The van der Waals surface area contributed by atoms with Gasteiger partial charge in [-0.3, -0.25) is 24.1 Å². The highest BCUT2D eigenvalue weighted by atomic mass is 16.4. The largest absolute Gasteiger partial charge is 0.481 e. The van der Waals surface area contributed by atoms with Gasteiger partial charge in [0.05, 0.1) is 6.54 Å². The number of fused-ring (bicyclic) bond motifs is 1. The second-order valence-corrected chi connectivity index (χ2v) is 8.51. The maximum absolute atomic E-state index is 13.6. The Hall–Kier alpha value is -3.90. The van der Waals surface area contributed by atoms with Gasteiger partial charge in [-0.1, -0.05) is 17.7 Å². The van der Waals surface area contributed by atoms with E-state index in [0.717, 1.165) is 19.3 Å². The molecule has 0 bridgehead atoms. The number of carbonyl (C=O) groups is 4. The molecule has 1 saturated carbocycles. The van der Waals surface area contributed by atoms with E-state index in [1.165, 1.54) is 11.1 Å². The summed E-state index contributed by atoms with van der Waals surface area (Å²) in [5.74, 6) is -1.52. The lowest BCUT2D eigenvalue weighted by Crippen LogP contribution is -2.55. The summed E-state index contributed by atoms with van der Waals surface area (Å²) in [5, 5.41) is 27.9. The summed E-state index contributed by atoms with van der Waals surface area (Å²) in [6, 6.07) is 1.48. The monoisotopic (exact) mass is 470 g/mol. The number of amides is 3.